The van der Waals surface area contributed by atoms with Crippen LogP contribution in [0.3, 0.4) is 0 Å². The molecule has 2 aliphatic rings. The monoisotopic (exact) mass is 528 g/mol. The molecular formula is C24H27F3N2O4S2. The van der Waals surface area contributed by atoms with Crippen LogP contribution in [0.2, 0.25) is 0 Å². The van der Waals surface area contributed by atoms with E-state index in [1.807, 2.05) is 13.8 Å². The lowest BCUT2D eigenvalue weighted by molar-refractivity contribution is -0.141. The SMILES string of the molecule is CC1CN(Cc2ccc(SC(F)(F)F)cc2)CC(C)N1S(=O)(=O)c1cccc2c1CC(C(=O)O)C2. The summed E-state index contributed by atoms with van der Waals surface area (Å²) in [7, 11) is -3.85. The van der Waals surface area contributed by atoms with Crippen LogP contribution < -0.4 is 0 Å². The molecule has 2 aromatic rings. The third-order valence-corrected chi connectivity index (χ3v) is 9.48. The van der Waals surface area contributed by atoms with Crippen LogP contribution in [0.5, 0.6) is 0 Å². The van der Waals surface area contributed by atoms with Gasteiger partial charge in [0.15, 0.2) is 0 Å². The van der Waals surface area contributed by atoms with Gasteiger partial charge < -0.3 is 5.11 Å². The zero-order chi connectivity index (χ0) is 25.5. The van der Waals surface area contributed by atoms with E-state index < -0.39 is 27.4 Å². The van der Waals surface area contributed by atoms with Gasteiger partial charge in [-0.1, -0.05) is 24.3 Å². The molecule has 6 nitrogen and oxygen atoms in total. The van der Waals surface area contributed by atoms with Crippen LogP contribution in [0.25, 0.3) is 0 Å². The first-order valence-electron chi connectivity index (χ1n) is 11.3. The zero-order valence-electron chi connectivity index (χ0n) is 19.3. The van der Waals surface area contributed by atoms with Gasteiger partial charge in [0.05, 0.1) is 10.8 Å². The summed E-state index contributed by atoms with van der Waals surface area (Å²) in [6, 6.07) is 10.6. The lowest BCUT2D eigenvalue weighted by Gasteiger charge is -2.43. The minimum absolute atomic E-state index is 0.124. The highest BCUT2D eigenvalue weighted by Crippen LogP contribution is 2.37. The predicted molar refractivity (Wildman–Crippen MR) is 127 cm³/mol. The van der Waals surface area contributed by atoms with Gasteiger partial charge in [0, 0.05) is 36.6 Å². The second-order valence-electron chi connectivity index (χ2n) is 9.26. The van der Waals surface area contributed by atoms with Crippen molar-refractivity contribution in [2.45, 2.75) is 60.6 Å². The number of thioether (sulfide) groups is 1. The maximum absolute atomic E-state index is 13.7. The van der Waals surface area contributed by atoms with E-state index in [0.717, 1.165) is 11.1 Å². The third-order valence-electron chi connectivity index (χ3n) is 6.53. The number of carboxylic acid groups (broad SMARTS) is 1. The van der Waals surface area contributed by atoms with Gasteiger partial charge in [-0.05, 0) is 73.3 Å². The molecule has 3 atom stereocenters. The van der Waals surface area contributed by atoms with Crippen LogP contribution in [0.1, 0.15) is 30.5 Å². The standard InChI is InChI=1S/C24H27F3N2O4S2/c1-15-12-28(14-17-6-8-20(9-7-17)34-24(25,26)27)13-16(2)29(15)35(32,33)22-5-3-4-18-10-19(23(30)31)11-21(18)22/h3-9,15-16,19H,10-14H2,1-2H3,(H,30,31). The van der Waals surface area contributed by atoms with E-state index in [4.69, 9.17) is 0 Å². The number of hydrogen-bond donors (Lipinski definition) is 1. The number of rotatable bonds is 6. The van der Waals surface area contributed by atoms with E-state index >= 15 is 0 Å². The molecule has 1 saturated heterocycles. The highest BCUT2D eigenvalue weighted by molar-refractivity contribution is 8.00. The summed E-state index contributed by atoms with van der Waals surface area (Å²) in [5.41, 5.74) is -2.11. The molecule has 1 fully saturated rings. The van der Waals surface area contributed by atoms with Crippen LogP contribution >= 0.6 is 11.8 Å². The Morgan fingerprint density at radius 3 is 2.26 bits per heavy atom. The van der Waals surface area contributed by atoms with E-state index in [2.05, 4.69) is 4.90 Å². The van der Waals surface area contributed by atoms with Crippen molar-refractivity contribution in [1.82, 2.24) is 9.21 Å². The summed E-state index contributed by atoms with van der Waals surface area (Å²) >= 11 is -0.152. The van der Waals surface area contributed by atoms with E-state index in [1.54, 1.807) is 30.3 Å². The highest BCUT2D eigenvalue weighted by atomic mass is 32.2. The molecule has 11 heteroatoms. The van der Waals surface area contributed by atoms with Gasteiger partial charge >= 0.3 is 11.5 Å². The predicted octanol–water partition coefficient (Wildman–Crippen LogP) is 4.38. The number of fused-ring (bicyclic) bond motifs is 1. The maximum atomic E-state index is 13.7. The summed E-state index contributed by atoms with van der Waals surface area (Å²) in [6.45, 7) is 5.12. The largest absolute Gasteiger partial charge is 0.481 e. The number of benzene rings is 2. The van der Waals surface area contributed by atoms with Crippen LogP contribution in [0.4, 0.5) is 13.2 Å². The molecule has 0 amide bonds. The van der Waals surface area contributed by atoms with Crippen LogP contribution in [0.15, 0.2) is 52.3 Å². The van der Waals surface area contributed by atoms with Crippen LogP contribution in [-0.4, -0.2) is 59.4 Å². The normalized spacial score (nSPS) is 23.9. The molecule has 1 aliphatic heterocycles. The van der Waals surface area contributed by atoms with Crippen molar-refractivity contribution in [1.29, 1.82) is 0 Å². The lowest BCUT2D eigenvalue weighted by atomic mass is 10.1. The number of carboxylic acids is 1. The fraction of sp³-hybridized carbons (Fsp3) is 0.458. The van der Waals surface area contributed by atoms with E-state index in [9.17, 15) is 31.5 Å². The smallest absolute Gasteiger partial charge is 0.446 e. The number of carbonyl (C=O) groups is 1. The molecule has 190 valence electrons. The van der Waals surface area contributed by atoms with E-state index in [0.29, 0.717) is 31.6 Å². The van der Waals surface area contributed by atoms with Crippen molar-refractivity contribution in [2.75, 3.05) is 13.1 Å². The van der Waals surface area contributed by atoms with E-state index in [-0.39, 0.29) is 40.1 Å². The Bertz CT molecular complexity index is 1190. The number of alkyl halides is 3. The Morgan fingerprint density at radius 2 is 1.69 bits per heavy atom. The Morgan fingerprint density at radius 1 is 1.06 bits per heavy atom. The average Bonchev–Trinajstić information content (AvgIpc) is 3.18. The molecule has 2 aromatic carbocycles. The number of sulfonamides is 1. The molecule has 0 saturated carbocycles. The van der Waals surface area contributed by atoms with Crippen LogP contribution in [-0.2, 0) is 34.2 Å². The Kier molecular flexibility index (Phi) is 7.25. The van der Waals surface area contributed by atoms with Crippen molar-refractivity contribution in [3.63, 3.8) is 0 Å². The van der Waals surface area contributed by atoms with Crippen molar-refractivity contribution in [2.24, 2.45) is 5.92 Å². The lowest BCUT2D eigenvalue weighted by Crippen LogP contribution is -2.58. The van der Waals surface area contributed by atoms with Crippen LogP contribution in [0, 0.1) is 5.92 Å². The van der Waals surface area contributed by atoms with Gasteiger partial charge in [-0.25, -0.2) is 8.42 Å². The fourth-order valence-corrected chi connectivity index (χ4v) is 7.85. The first-order chi connectivity index (χ1) is 16.3. The maximum Gasteiger partial charge on any atom is 0.446 e. The fourth-order valence-electron chi connectivity index (χ4n) is 5.22. The second-order valence-corrected chi connectivity index (χ2v) is 12.2. The molecule has 35 heavy (non-hydrogen) atoms. The van der Waals surface area contributed by atoms with Crippen molar-refractivity contribution < 1.29 is 31.5 Å². The molecule has 0 bridgehead atoms. The van der Waals surface area contributed by atoms with Crippen molar-refractivity contribution in [3.8, 4) is 0 Å². The Balaban J connectivity index is 1.48. The molecule has 0 aromatic heterocycles. The summed E-state index contributed by atoms with van der Waals surface area (Å²) in [5, 5.41) is 9.41. The van der Waals surface area contributed by atoms with Gasteiger partial charge in [-0.2, -0.15) is 17.5 Å². The topological polar surface area (TPSA) is 77.9 Å². The average molecular weight is 529 g/mol. The number of aliphatic carboxylic acids is 1. The minimum Gasteiger partial charge on any atom is -0.481 e. The first kappa shape index (κ1) is 26.0. The Hall–Kier alpha value is -2.08. The van der Waals surface area contributed by atoms with Gasteiger partial charge in [-0.3, -0.25) is 9.69 Å². The van der Waals surface area contributed by atoms with Gasteiger partial charge in [0.1, 0.15) is 0 Å². The zero-order valence-corrected chi connectivity index (χ0v) is 21.0. The van der Waals surface area contributed by atoms with Crippen molar-refractivity contribution in [3.05, 3.63) is 59.2 Å². The number of hydrogen-bond acceptors (Lipinski definition) is 5. The molecule has 1 N–H and O–H groups in total. The third kappa shape index (κ3) is 5.68. The second kappa shape index (κ2) is 9.76. The molecule has 3 unspecified atom stereocenters. The molecule has 4 rings (SSSR count). The summed E-state index contributed by atoms with van der Waals surface area (Å²) in [4.78, 5) is 13.9. The number of piperazine rings is 1. The van der Waals surface area contributed by atoms with Crippen molar-refractivity contribution >= 4 is 27.8 Å². The first-order valence-corrected chi connectivity index (χ1v) is 13.5. The molecule has 0 spiro atoms. The van der Waals surface area contributed by atoms with Gasteiger partial charge in [0.2, 0.25) is 10.0 Å². The summed E-state index contributed by atoms with van der Waals surface area (Å²) in [5.74, 6) is -1.54. The van der Waals surface area contributed by atoms with E-state index in [1.165, 1.54) is 16.4 Å². The minimum atomic E-state index is -4.33. The summed E-state index contributed by atoms with van der Waals surface area (Å²) < 4.78 is 66.6. The Labute approximate surface area is 207 Å². The molecule has 1 aliphatic carbocycles. The quantitative estimate of drug-likeness (QED) is 0.561. The molecule has 0 radical (unpaired) electrons. The number of halogens is 3. The van der Waals surface area contributed by atoms with Gasteiger partial charge in [0.25, 0.3) is 0 Å². The number of nitrogens with zero attached hydrogens (tertiary/aromatic N) is 2. The molecule has 1 heterocycles. The highest BCUT2D eigenvalue weighted by Gasteiger charge is 2.41. The van der Waals surface area contributed by atoms with Gasteiger partial charge in [-0.15, -0.1) is 0 Å². The molecular weight excluding hydrogens is 501 g/mol. The summed E-state index contributed by atoms with van der Waals surface area (Å²) in [6.07, 6.45) is 0.526.